The van der Waals surface area contributed by atoms with Crippen molar-refractivity contribution in [3.8, 4) is 0 Å². The number of nitrogens with zero attached hydrogens (tertiary/aromatic N) is 1. The number of amides is 1. The van der Waals surface area contributed by atoms with Crippen LogP contribution >= 0.6 is 0 Å². The molecule has 0 aromatic rings. The number of carbonyl (C=O) groups is 2. The second-order valence-electron chi connectivity index (χ2n) is 5.54. The molecule has 1 amide bonds. The summed E-state index contributed by atoms with van der Waals surface area (Å²) in [4.78, 5) is 24.6. The molecule has 4 nitrogen and oxygen atoms in total. The Labute approximate surface area is 104 Å². The second kappa shape index (κ2) is 6.15. The number of likely N-dealkylation sites (tertiary alicyclic amines) is 1. The van der Waals surface area contributed by atoms with E-state index in [-0.39, 0.29) is 17.4 Å². The van der Waals surface area contributed by atoms with Crippen molar-refractivity contribution < 1.29 is 9.59 Å². The van der Waals surface area contributed by atoms with Gasteiger partial charge in [-0.3, -0.25) is 9.69 Å². The summed E-state index contributed by atoms with van der Waals surface area (Å²) in [6.07, 6.45) is 3.73. The largest absolute Gasteiger partial charge is 0.350 e. The molecule has 1 rings (SSSR count). The van der Waals surface area contributed by atoms with E-state index in [0.29, 0.717) is 6.54 Å². The van der Waals surface area contributed by atoms with Gasteiger partial charge in [0.2, 0.25) is 5.91 Å². The van der Waals surface area contributed by atoms with Crippen molar-refractivity contribution in [1.29, 1.82) is 0 Å². The van der Waals surface area contributed by atoms with Gasteiger partial charge >= 0.3 is 0 Å². The van der Waals surface area contributed by atoms with E-state index in [4.69, 9.17) is 0 Å². The van der Waals surface area contributed by atoms with Crippen LogP contribution in [-0.4, -0.2) is 42.3 Å². The lowest BCUT2D eigenvalue weighted by Crippen LogP contribution is -2.48. The molecule has 0 aliphatic carbocycles. The van der Waals surface area contributed by atoms with Crippen LogP contribution in [-0.2, 0) is 9.59 Å². The van der Waals surface area contributed by atoms with Gasteiger partial charge in [-0.2, -0.15) is 0 Å². The maximum Gasteiger partial charge on any atom is 0.234 e. The van der Waals surface area contributed by atoms with Gasteiger partial charge < -0.3 is 10.1 Å². The Morgan fingerprint density at radius 2 is 2.00 bits per heavy atom. The Morgan fingerprint density at radius 3 is 2.47 bits per heavy atom. The van der Waals surface area contributed by atoms with Crippen LogP contribution in [0.1, 0.15) is 40.0 Å². The van der Waals surface area contributed by atoms with Gasteiger partial charge in [0.1, 0.15) is 6.29 Å². The van der Waals surface area contributed by atoms with Gasteiger partial charge in [0.05, 0.1) is 6.54 Å². The van der Waals surface area contributed by atoms with E-state index < -0.39 is 0 Å². The average molecular weight is 240 g/mol. The standard InChI is InChI=1S/C13H24N2O2/c1-4-13(2,3)14-12(17)9-15-7-5-11(10-16)6-8-15/h10-11H,4-9H2,1-3H3,(H,14,17). The molecule has 0 atom stereocenters. The number of rotatable bonds is 5. The van der Waals surface area contributed by atoms with Gasteiger partial charge in [0.25, 0.3) is 0 Å². The van der Waals surface area contributed by atoms with Crippen molar-refractivity contribution in [3.63, 3.8) is 0 Å². The van der Waals surface area contributed by atoms with Gasteiger partial charge in [-0.15, -0.1) is 0 Å². The summed E-state index contributed by atoms with van der Waals surface area (Å²) in [7, 11) is 0. The van der Waals surface area contributed by atoms with Gasteiger partial charge in [0, 0.05) is 11.5 Å². The predicted octanol–water partition coefficient (Wildman–Crippen LogP) is 1.20. The monoisotopic (exact) mass is 240 g/mol. The SMILES string of the molecule is CCC(C)(C)NC(=O)CN1CCC(C=O)CC1. The number of aldehydes is 1. The fourth-order valence-electron chi connectivity index (χ4n) is 1.96. The van der Waals surface area contributed by atoms with Crippen molar-refractivity contribution in [2.75, 3.05) is 19.6 Å². The molecule has 0 radical (unpaired) electrons. The van der Waals surface area contributed by atoms with Gasteiger partial charge in [-0.1, -0.05) is 6.92 Å². The first-order chi connectivity index (χ1) is 7.96. The molecule has 17 heavy (non-hydrogen) atoms. The highest BCUT2D eigenvalue weighted by Gasteiger charge is 2.23. The van der Waals surface area contributed by atoms with E-state index in [1.807, 2.05) is 13.8 Å². The topological polar surface area (TPSA) is 49.4 Å². The molecule has 1 saturated heterocycles. The summed E-state index contributed by atoms with van der Waals surface area (Å²) in [5.74, 6) is 0.280. The van der Waals surface area contributed by atoms with Crippen molar-refractivity contribution >= 4 is 12.2 Å². The first kappa shape index (κ1) is 14.2. The third-order valence-electron chi connectivity index (χ3n) is 3.55. The summed E-state index contributed by atoms with van der Waals surface area (Å²) >= 11 is 0. The zero-order valence-electron chi connectivity index (χ0n) is 11.2. The second-order valence-corrected chi connectivity index (χ2v) is 5.54. The molecule has 1 fully saturated rings. The Bertz CT molecular complexity index is 269. The lowest BCUT2D eigenvalue weighted by atomic mass is 9.98. The average Bonchev–Trinajstić information content (AvgIpc) is 2.29. The Hall–Kier alpha value is -0.900. The van der Waals surface area contributed by atoms with Crippen molar-refractivity contribution in [2.45, 2.75) is 45.6 Å². The molecule has 0 aromatic carbocycles. The van der Waals surface area contributed by atoms with Gasteiger partial charge in [-0.05, 0) is 46.2 Å². The zero-order valence-corrected chi connectivity index (χ0v) is 11.2. The Morgan fingerprint density at radius 1 is 1.41 bits per heavy atom. The molecule has 0 bridgehead atoms. The lowest BCUT2D eigenvalue weighted by molar-refractivity contribution is -0.124. The maximum atomic E-state index is 11.8. The molecule has 1 aliphatic heterocycles. The minimum atomic E-state index is -0.127. The van der Waals surface area contributed by atoms with Crippen LogP contribution in [0.15, 0.2) is 0 Å². The fourth-order valence-corrected chi connectivity index (χ4v) is 1.96. The van der Waals surface area contributed by atoms with Crippen LogP contribution in [0.5, 0.6) is 0 Å². The maximum absolute atomic E-state index is 11.8. The minimum Gasteiger partial charge on any atom is -0.350 e. The van der Waals surface area contributed by atoms with E-state index in [2.05, 4.69) is 17.1 Å². The molecule has 1 heterocycles. The zero-order chi connectivity index (χ0) is 12.9. The molecule has 0 saturated carbocycles. The van der Waals surface area contributed by atoms with Crippen molar-refractivity contribution in [3.05, 3.63) is 0 Å². The normalized spacial score (nSPS) is 19.0. The van der Waals surface area contributed by atoms with Crippen LogP contribution in [0.2, 0.25) is 0 Å². The van der Waals surface area contributed by atoms with Crippen molar-refractivity contribution in [1.82, 2.24) is 10.2 Å². The molecular weight excluding hydrogens is 216 g/mol. The molecule has 0 spiro atoms. The van der Waals surface area contributed by atoms with Crippen molar-refractivity contribution in [2.24, 2.45) is 5.92 Å². The molecule has 1 aliphatic rings. The quantitative estimate of drug-likeness (QED) is 0.735. The molecular formula is C13H24N2O2. The van der Waals surface area contributed by atoms with E-state index in [0.717, 1.165) is 38.6 Å². The summed E-state index contributed by atoms with van der Waals surface area (Å²) in [6, 6.07) is 0. The van der Waals surface area contributed by atoms with Gasteiger partial charge in [-0.25, -0.2) is 0 Å². The van der Waals surface area contributed by atoms with E-state index in [1.54, 1.807) is 0 Å². The smallest absolute Gasteiger partial charge is 0.234 e. The summed E-state index contributed by atoms with van der Waals surface area (Å²) in [5.41, 5.74) is -0.127. The number of hydrogen-bond donors (Lipinski definition) is 1. The number of piperidine rings is 1. The summed E-state index contributed by atoms with van der Waals surface area (Å²) in [5, 5.41) is 3.03. The van der Waals surface area contributed by atoms with Crippen LogP contribution < -0.4 is 5.32 Å². The molecule has 0 aromatic heterocycles. The third kappa shape index (κ3) is 4.86. The number of hydrogen-bond acceptors (Lipinski definition) is 3. The summed E-state index contributed by atoms with van der Waals surface area (Å²) < 4.78 is 0. The molecule has 98 valence electrons. The first-order valence-electron chi connectivity index (χ1n) is 6.45. The summed E-state index contributed by atoms with van der Waals surface area (Å²) in [6.45, 7) is 8.28. The van der Waals surface area contributed by atoms with E-state index in [9.17, 15) is 9.59 Å². The fraction of sp³-hybridized carbons (Fsp3) is 0.846. The van der Waals surface area contributed by atoms with Crippen LogP contribution in [0.25, 0.3) is 0 Å². The molecule has 0 unspecified atom stereocenters. The van der Waals surface area contributed by atoms with E-state index in [1.165, 1.54) is 0 Å². The number of nitrogens with one attached hydrogen (secondary N) is 1. The lowest BCUT2D eigenvalue weighted by Gasteiger charge is -2.31. The number of carbonyl (C=O) groups excluding carboxylic acids is 2. The van der Waals surface area contributed by atoms with E-state index >= 15 is 0 Å². The highest BCUT2D eigenvalue weighted by Crippen LogP contribution is 2.14. The Balaban J connectivity index is 2.30. The minimum absolute atomic E-state index is 0.0846. The predicted molar refractivity (Wildman–Crippen MR) is 67.7 cm³/mol. The first-order valence-corrected chi connectivity index (χ1v) is 6.45. The van der Waals surface area contributed by atoms with Gasteiger partial charge in [0.15, 0.2) is 0 Å². The highest BCUT2D eigenvalue weighted by molar-refractivity contribution is 5.78. The Kier molecular flexibility index (Phi) is 5.12. The molecule has 1 N–H and O–H groups in total. The highest BCUT2D eigenvalue weighted by atomic mass is 16.2. The van der Waals surface area contributed by atoms with Crippen LogP contribution in [0.4, 0.5) is 0 Å². The van der Waals surface area contributed by atoms with Crippen LogP contribution in [0.3, 0.4) is 0 Å². The third-order valence-corrected chi connectivity index (χ3v) is 3.55. The molecule has 4 heteroatoms. The van der Waals surface area contributed by atoms with Crippen LogP contribution in [0, 0.1) is 5.92 Å².